The topological polar surface area (TPSA) is 17.1 Å². The molecule has 0 radical (unpaired) electrons. The summed E-state index contributed by atoms with van der Waals surface area (Å²) >= 11 is 11.1. The third kappa shape index (κ3) is 2.20. The maximum Gasteiger partial charge on any atom is 0.205 e. The lowest BCUT2D eigenvalue weighted by Crippen LogP contribution is -2.00. The fraction of sp³-hybridized carbons (Fsp3) is 0.0625. The van der Waals surface area contributed by atoms with Gasteiger partial charge < -0.3 is 0 Å². The summed E-state index contributed by atoms with van der Waals surface area (Å²) in [7, 11) is 0. The van der Waals surface area contributed by atoms with Crippen molar-refractivity contribution in [2.24, 2.45) is 0 Å². The van der Waals surface area contributed by atoms with Gasteiger partial charge in [0.25, 0.3) is 0 Å². The fourth-order valence-electron chi connectivity index (χ4n) is 2.17. The standard InChI is InChI=1S/C16H10BrClOS/c1-9-8-20-16(14(9)18)15(19)12-6-7-13(17)11-5-3-2-4-10(11)12/h2-8H,1H3. The summed E-state index contributed by atoms with van der Waals surface area (Å²) in [6.45, 7) is 1.91. The minimum Gasteiger partial charge on any atom is -0.288 e. The molecule has 0 aliphatic carbocycles. The number of hydrogen-bond acceptors (Lipinski definition) is 2. The lowest BCUT2D eigenvalue weighted by molar-refractivity contribution is 0.104. The lowest BCUT2D eigenvalue weighted by atomic mass is 10.0. The van der Waals surface area contributed by atoms with Crippen LogP contribution in [0.1, 0.15) is 20.8 Å². The molecule has 0 spiro atoms. The van der Waals surface area contributed by atoms with Gasteiger partial charge in [-0.25, -0.2) is 0 Å². The molecular formula is C16H10BrClOS. The number of halogens is 2. The van der Waals surface area contributed by atoms with E-state index in [-0.39, 0.29) is 5.78 Å². The van der Waals surface area contributed by atoms with Gasteiger partial charge in [0.2, 0.25) is 5.78 Å². The number of ketones is 1. The summed E-state index contributed by atoms with van der Waals surface area (Å²) < 4.78 is 0.984. The van der Waals surface area contributed by atoms with Crippen LogP contribution in [0.4, 0.5) is 0 Å². The first kappa shape index (κ1) is 13.8. The Morgan fingerprint density at radius 2 is 1.85 bits per heavy atom. The van der Waals surface area contributed by atoms with E-state index in [2.05, 4.69) is 15.9 Å². The Balaban J connectivity index is 2.23. The van der Waals surface area contributed by atoms with Gasteiger partial charge in [0, 0.05) is 10.0 Å². The second-order valence-corrected chi connectivity index (χ2v) is 6.64. The maximum atomic E-state index is 12.7. The molecule has 0 N–H and O–H groups in total. The zero-order valence-electron chi connectivity index (χ0n) is 10.6. The molecule has 0 fully saturated rings. The lowest BCUT2D eigenvalue weighted by Gasteiger charge is -2.07. The highest BCUT2D eigenvalue weighted by atomic mass is 79.9. The molecule has 0 saturated heterocycles. The Hall–Kier alpha value is -1.16. The molecule has 0 unspecified atom stereocenters. The van der Waals surface area contributed by atoms with Crippen molar-refractivity contribution in [1.29, 1.82) is 0 Å². The van der Waals surface area contributed by atoms with E-state index in [0.717, 1.165) is 20.8 Å². The molecule has 4 heteroatoms. The van der Waals surface area contributed by atoms with Crippen LogP contribution in [-0.2, 0) is 0 Å². The molecule has 1 nitrogen and oxygen atoms in total. The number of carbonyl (C=O) groups is 1. The highest BCUT2D eigenvalue weighted by Crippen LogP contribution is 2.33. The van der Waals surface area contributed by atoms with Crippen LogP contribution < -0.4 is 0 Å². The van der Waals surface area contributed by atoms with Crippen molar-refractivity contribution in [2.45, 2.75) is 6.92 Å². The second-order valence-electron chi connectivity index (χ2n) is 4.53. The first-order valence-corrected chi connectivity index (χ1v) is 8.10. The molecule has 0 amide bonds. The summed E-state index contributed by atoms with van der Waals surface area (Å²) in [4.78, 5) is 13.3. The Labute approximate surface area is 134 Å². The van der Waals surface area contributed by atoms with Crippen molar-refractivity contribution >= 4 is 55.4 Å². The number of fused-ring (bicyclic) bond motifs is 1. The molecule has 1 aromatic heterocycles. The van der Waals surface area contributed by atoms with E-state index in [9.17, 15) is 4.79 Å². The van der Waals surface area contributed by atoms with Gasteiger partial charge in [-0.2, -0.15) is 0 Å². The van der Waals surface area contributed by atoms with Gasteiger partial charge in [-0.3, -0.25) is 4.79 Å². The van der Waals surface area contributed by atoms with E-state index >= 15 is 0 Å². The Kier molecular flexibility index (Phi) is 3.67. The van der Waals surface area contributed by atoms with E-state index in [1.165, 1.54) is 11.3 Å². The first-order chi connectivity index (χ1) is 9.59. The quantitative estimate of drug-likeness (QED) is 0.520. The van der Waals surface area contributed by atoms with Gasteiger partial charge in [-0.05, 0) is 40.8 Å². The summed E-state index contributed by atoms with van der Waals surface area (Å²) in [6, 6.07) is 11.6. The zero-order chi connectivity index (χ0) is 14.3. The third-order valence-electron chi connectivity index (χ3n) is 3.22. The highest BCUT2D eigenvalue weighted by Gasteiger charge is 2.19. The number of rotatable bonds is 2. The predicted molar refractivity (Wildman–Crippen MR) is 89.1 cm³/mol. The molecule has 100 valence electrons. The molecule has 3 rings (SSSR count). The van der Waals surface area contributed by atoms with Crippen LogP contribution in [-0.4, -0.2) is 5.78 Å². The molecule has 0 saturated carbocycles. The van der Waals surface area contributed by atoms with Crippen molar-refractivity contribution in [1.82, 2.24) is 0 Å². The molecule has 0 aliphatic heterocycles. The summed E-state index contributed by atoms with van der Waals surface area (Å²) in [6.07, 6.45) is 0. The SMILES string of the molecule is Cc1csc(C(=O)c2ccc(Br)c3ccccc23)c1Cl. The van der Waals surface area contributed by atoms with Gasteiger partial charge in [-0.1, -0.05) is 51.8 Å². The van der Waals surface area contributed by atoms with Crippen molar-refractivity contribution in [2.75, 3.05) is 0 Å². The second kappa shape index (κ2) is 5.32. The van der Waals surface area contributed by atoms with Crippen LogP contribution in [0.3, 0.4) is 0 Å². The van der Waals surface area contributed by atoms with Gasteiger partial charge in [0.1, 0.15) is 0 Å². The molecule has 0 aliphatic rings. The fourth-order valence-corrected chi connectivity index (χ4v) is 3.88. The summed E-state index contributed by atoms with van der Waals surface area (Å²) in [5, 5.41) is 4.44. The normalized spacial score (nSPS) is 10.9. The van der Waals surface area contributed by atoms with Crippen molar-refractivity contribution in [3.63, 3.8) is 0 Å². The molecule has 1 heterocycles. The Morgan fingerprint density at radius 3 is 2.50 bits per heavy atom. The van der Waals surface area contributed by atoms with Crippen LogP contribution in [0.2, 0.25) is 5.02 Å². The van der Waals surface area contributed by atoms with Crippen LogP contribution in [0, 0.1) is 6.92 Å². The molecule has 0 bridgehead atoms. The van der Waals surface area contributed by atoms with E-state index in [4.69, 9.17) is 11.6 Å². The van der Waals surface area contributed by atoms with Crippen LogP contribution >= 0.6 is 38.9 Å². The van der Waals surface area contributed by atoms with E-state index < -0.39 is 0 Å². The van der Waals surface area contributed by atoms with Gasteiger partial charge in [-0.15, -0.1) is 11.3 Å². The molecule has 2 aromatic carbocycles. The van der Waals surface area contributed by atoms with Crippen LogP contribution in [0.15, 0.2) is 46.3 Å². The van der Waals surface area contributed by atoms with Crippen LogP contribution in [0.25, 0.3) is 10.8 Å². The van der Waals surface area contributed by atoms with Crippen molar-refractivity contribution in [3.05, 3.63) is 67.3 Å². The maximum absolute atomic E-state index is 12.7. The molecule has 20 heavy (non-hydrogen) atoms. The minimum absolute atomic E-state index is 0.0169. The number of benzene rings is 2. The smallest absolute Gasteiger partial charge is 0.205 e. The zero-order valence-corrected chi connectivity index (χ0v) is 13.8. The van der Waals surface area contributed by atoms with Gasteiger partial charge in [0.15, 0.2) is 0 Å². The van der Waals surface area contributed by atoms with Crippen molar-refractivity contribution < 1.29 is 4.79 Å². The number of thiophene rings is 1. The average Bonchev–Trinajstić information content (AvgIpc) is 2.79. The molecule has 3 aromatic rings. The van der Waals surface area contributed by atoms with E-state index in [1.807, 2.05) is 48.7 Å². The van der Waals surface area contributed by atoms with Crippen LogP contribution in [0.5, 0.6) is 0 Å². The third-order valence-corrected chi connectivity index (χ3v) is 5.61. The van der Waals surface area contributed by atoms with E-state index in [1.54, 1.807) is 0 Å². The Bertz CT molecular complexity index is 822. The number of carbonyl (C=O) groups excluding carboxylic acids is 1. The number of hydrogen-bond donors (Lipinski definition) is 0. The van der Waals surface area contributed by atoms with Gasteiger partial charge in [0.05, 0.1) is 9.90 Å². The predicted octanol–water partition coefficient (Wildman–Crippen LogP) is 5.86. The van der Waals surface area contributed by atoms with Crippen molar-refractivity contribution in [3.8, 4) is 0 Å². The number of aryl methyl sites for hydroxylation is 1. The summed E-state index contributed by atoms with van der Waals surface area (Å²) in [5.41, 5.74) is 1.63. The Morgan fingerprint density at radius 1 is 1.15 bits per heavy atom. The minimum atomic E-state index is -0.0169. The average molecular weight is 366 g/mol. The first-order valence-electron chi connectivity index (χ1n) is 6.05. The molecular weight excluding hydrogens is 356 g/mol. The summed E-state index contributed by atoms with van der Waals surface area (Å²) in [5.74, 6) is -0.0169. The largest absolute Gasteiger partial charge is 0.288 e. The monoisotopic (exact) mass is 364 g/mol. The van der Waals surface area contributed by atoms with E-state index in [0.29, 0.717) is 15.5 Å². The molecule has 0 atom stereocenters. The highest BCUT2D eigenvalue weighted by molar-refractivity contribution is 9.10. The van der Waals surface area contributed by atoms with Gasteiger partial charge >= 0.3 is 0 Å².